The highest BCUT2D eigenvalue weighted by atomic mass is 16.2. The summed E-state index contributed by atoms with van der Waals surface area (Å²) in [4.78, 5) is 24.6. The molecular formula is C18H23NO2. The quantitative estimate of drug-likeness (QED) is 0.847. The third kappa shape index (κ3) is 2.29. The number of nitrogens with one attached hydrogen (secondary N) is 1. The van der Waals surface area contributed by atoms with E-state index in [1.165, 1.54) is 5.56 Å². The third-order valence-corrected chi connectivity index (χ3v) is 5.47. The number of amides is 2. The van der Waals surface area contributed by atoms with E-state index in [1.807, 2.05) is 25.1 Å². The van der Waals surface area contributed by atoms with Gasteiger partial charge in [0.1, 0.15) is 0 Å². The lowest BCUT2D eigenvalue weighted by molar-refractivity contribution is -0.141. The van der Waals surface area contributed by atoms with Crippen molar-refractivity contribution in [2.75, 3.05) is 0 Å². The molecule has 2 aliphatic rings. The van der Waals surface area contributed by atoms with Crippen LogP contribution in [-0.2, 0) is 9.59 Å². The Kier molecular flexibility index (Phi) is 3.60. The number of rotatable bonds is 2. The Morgan fingerprint density at radius 2 is 2.14 bits per heavy atom. The predicted molar refractivity (Wildman–Crippen MR) is 81.8 cm³/mol. The van der Waals surface area contributed by atoms with Crippen molar-refractivity contribution >= 4 is 11.8 Å². The molecule has 3 unspecified atom stereocenters. The number of carbonyl (C=O) groups is 2. The van der Waals surface area contributed by atoms with Gasteiger partial charge < -0.3 is 0 Å². The minimum atomic E-state index is -0.178. The standard InChI is InChI=1S/C18H23NO2/c1-3-14-8-5-9-18(14)11-15(20)19-17(21)16(18)13-7-4-6-12(2)10-13/h4,6-7,10,14,16H,3,5,8-9,11H2,1-2H3,(H,19,20,21). The van der Waals surface area contributed by atoms with Gasteiger partial charge >= 0.3 is 0 Å². The zero-order chi connectivity index (χ0) is 15.0. The Morgan fingerprint density at radius 1 is 1.33 bits per heavy atom. The molecule has 1 saturated carbocycles. The van der Waals surface area contributed by atoms with E-state index in [0.717, 1.165) is 31.2 Å². The summed E-state index contributed by atoms with van der Waals surface area (Å²) in [6.45, 7) is 4.23. The first-order valence-electron chi connectivity index (χ1n) is 7.97. The Morgan fingerprint density at radius 3 is 2.86 bits per heavy atom. The van der Waals surface area contributed by atoms with Gasteiger partial charge in [-0.25, -0.2) is 0 Å². The molecule has 0 radical (unpaired) electrons. The molecule has 21 heavy (non-hydrogen) atoms. The summed E-state index contributed by atoms with van der Waals surface area (Å²) in [6, 6.07) is 8.21. The third-order valence-electron chi connectivity index (χ3n) is 5.47. The van der Waals surface area contributed by atoms with Gasteiger partial charge in [-0.3, -0.25) is 14.9 Å². The number of imide groups is 1. The number of benzene rings is 1. The van der Waals surface area contributed by atoms with E-state index in [2.05, 4.69) is 18.3 Å². The first-order valence-corrected chi connectivity index (χ1v) is 7.97. The summed E-state index contributed by atoms with van der Waals surface area (Å²) in [5.74, 6) is 0.0991. The lowest BCUT2D eigenvalue weighted by atomic mass is 9.61. The van der Waals surface area contributed by atoms with Crippen molar-refractivity contribution in [1.82, 2.24) is 5.32 Å². The SMILES string of the molecule is CCC1CCCC12CC(=O)NC(=O)C2c1cccc(C)c1. The smallest absolute Gasteiger partial charge is 0.234 e. The highest BCUT2D eigenvalue weighted by Gasteiger charge is 2.54. The summed E-state index contributed by atoms with van der Waals surface area (Å²) >= 11 is 0. The molecule has 2 fully saturated rings. The second kappa shape index (κ2) is 5.28. The first-order chi connectivity index (χ1) is 10.1. The van der Waals surface area contributed by atoms with Crippen molar-refractivity contribution < 1.29 is 9.59 Å². The molecule has 1 aromatic rings. The summed E-state index contributed by atoms with van der Waals surface area (Å²) in [5.41, 5.74) is 2.07. The Balaban J connectivity index is 2.09. The van der Waals surface area contributed by atoms with E-state index in [4.69, 9.17) is 0 Å². The van der Waals surface area contributed by atoms with E-state index in [1.54, 1.807) is 0 Å². The largest absolute Gasteiger partial charge is 0.296 e. The average molecular weight is 285 g/mol. The van der Waals surface area contributed by atoms with Crippen molar-refractivity contribution in [2.45, 2.75) is 51.9 Å². The van der Waals surface area contributed by atoms with E-state index in [9.17, 15) is 9.59 Å². The molecule has 1 aliphatic heterocycles. The summed E-state index contributed by atoms with van der Waals surface area (Å²) in [5, 5.41) is 2.57. The van der Waals surface area contributed by atoms with Crippen LogP contribution in [0.4, 0.5) is 0 Å². The molecule has 112 valence electrons. The summed E-state index contributed by atoms with van der Waals surface area (Å²) in [6.07, 6.45) is 4.79. The summed E-state index contributed by atoms with van der Waals surface area (Å²) in [7, 11) is 0. The van der Waals surface area contributed by atoms with Crippen LogP contribution in [0.25, 0.3) is 0 Å². The fourth-order valence-electron chi connectivity index (χ4n) is 4.64. The highest BCUT2D eigenvalue weighted by Crippen LogP contribution is 2.57. The van der Waals surface area contributed by atoms with Gasteiger partial charge in [0.2, 0.25) is 11.8 Å². The molecule has 0 bridgehead atoms. The average Bonchev–Trinajstić information content (AvgIpc) is 2.80. The van der Waals surface area contributed by atoms with Gasteiger partial charge in [0, 0.05) is 6.42 Å². The zero-order valence-electron chi connectivity index (χ0n) is 12.8. The maximum Gasteiger partial charge on any atom is 0.234 e. The first kappa shape index (κ1) is 14.3. The lowest BCUT2D eigenvalue weighted by Crippen LogP contribution is -2.52. The highest BCUT2D eigenvalue weighted by molar-refractivity contribution is 6.02. The Hall–Kier alpha value is -1.64. The van der Waals surface area contributed by atoms with E-state index in [-0.39, 0.29) is 23.1 Å². The molecular weight excluding hydrogens is 262 g/mol. The number of hydrogen-bond acceptors (Lipinski definition) is 2. The van der Waals surface area contributed by atoms with Crippen LogP contribution in [0.1, 0.15) is 56.1 Å². The Labute approximate surface area is 126 Å². The van der Waals surface area contributed by atoms with Gasteiger partial charge in [0.25, 0.3) is 0 Å². The molecule has 1 N–H and O–H groups in total. The van der Waals surface area contributed by atoms with Crippen molar-refractivity contribution in [3.05, 3.63) is 35.4 Å². The fourth-order valence-corrected chi connectivity index (χ4v) is 4.64. The van der Waals surface area contributed by atoms with Crippen LogP contribution in [0.5, 0.6) is 0 Å². The zero-order valence-corrected chi connectivity index (χ0v) is 12.8. The van der Waals surface area contributed by atoms with Crippen LogP contribution >= 0.6 is 0 Å². The van der Waals surface area contributed by atoms with Gasteiger partial charge in [0.15, 0.2) is 0 Å². The van der Waals surface area contributed by atoms with Gasteiger partial charge in [0.05, 0.1) is 5.92 Å². The van der Waals surface area contributed by atoms with E-state index >= 15 is 0 Å². The maximum absolute atomic E-state index is 12.6. The normalized spacial score (nSPS) is 32.5. The van der Waals surface area contributed by atoms with Crippen molar-refractivity contribution in [1.29, 1.82) is 0 Å². The topological polar surface area (TPSA) is 46.2 Å². The van der Waals surface area contributed by atoms with E-state index in [0.29, 0.717) is 12.3 Å². The fraction of sp³-hybridized carbons (Fsp3) is 0.556. The number of hydrogen-bond donors (Lipinski definition) is 1. The molecule has 1 aliphatic carbocycles. The van der Waals surface area contributed by atoms with Gasteiger partial charge in [-0.15, -0.1) is 0 Å². The van der Waals surface area contributed by atoms with Crippen molar-refractivity contribution in [3.8, 4) is 0 Å². The maximum atomic E-state index is 12.6. The predicted octanol–water partition coefficient (Wildman–Crippen LogP) is 3.32. The van der Waals surface area contributed by atoms with Crippen LogP contribution in [-0.4, -0.2) is 11.8 Å². The van der Waals surface area contributed by atoms with Crippen LogP contribution in [0.2, 0.25) is 0 Å². The van der Waals surface area contributed by atoms with Crippen molar-refractivity contribution in [2.24, 2.45) is 11.3 Å². The molecule has 2 amide bonds. The molecule has 3 heteroatoms. The molecule has 3 rings (SSSR count). The summed E-state index contributed by atoms with van der Waals surface area (Å²) < 4.78 is 0. The molecule has 1 spiro atoms. The number of carbonyl (C=O) groups excluding carboxylic acids is 2. The van der Waals surface area contributed by atoms with Crippen LogP contribution in [0.3, 0.4) is 0 Å². The number of piperidine rings is 1. The molecule has 1 heterocycles. The molecule has 3 nitrogen and oxygen atoms in total. The monoisotopic (exact) mass is 285 g/mol. The van der Waals surface area contributed by atoms with Gasteiger partial charge in [-0.05, 0) is 36.7 Å². The molecule has 1 aromatic carbocycles. The van der Waals surface area contributed by atoms with Crippen molar-refractivity contribution in [3.63, 3.8) is 0 Å². The minimum Gasteiger partial charge on any atom is -0.296 e. The Bertz CT molecular complexity index is 580. The lowest BCUT2D eigenvalue weighted by Gasteiger charge is -2.44. The second-order valence-corrected chi connectivity index (χ2v) is 6.67. The van der Waals surface area contributed by atoms with Gasteiger partial charge in [-0.2, -0.15) is 0 Å². The number of aryl methyl sites for hydroxylation is 1. The van der Waals surface area contributed by atoms with Gasteiger partial charge in [-0.1, -0.05) is 49.6 Å². The van der Waals surface area contributed by atoms with Crippen LogP contribution in [0.15, 0.2) is 24.3 Å². The van der Waals surface area contributed by atoms with E-state index < -0.39 is 0 Å². The molecule has 3 atom stereocenters. The second-order valence-electron chi connectivity index (χ2n) is 6.67. The molecule has 0 aromatic heterocycles. The minimum absolute atomic E-state index is 0.0933. The van der Waals surface area contributed by atoms with Crippen LogP contribution in [0, 0.1) is 18.3 Å². The molecule has 1 saturated heterocycles. The van der Waals surface area contributed by atoms with Crippen LogP contribution < -0.4 is 5.32 Å².